The van der Waals surface area contributed by atoms with Gasteiger partial charge in [-0.3, -0.25) is 9.59 Å². The van der Waals surface area contributed by atoms with Crippen molar-refractivity contribution in [2.24, 2.45) is 0 Å². The monoisotopic (exact) mass is 316 g/mol. The van der Waals surface area contributed by atoms with E-state index in [0.717, 1.165) is 0 Å². The zero-order chi connectivity index (χ0) is 12.4. The van der Waals surface area contributed by atoms with Gasteiger partial charge >= 0.3 is 0 Å². The average molecular weight is 318 g/mol. The van der Waals surface area contributed by atoms with E-state index < -0.39 is 6.04 Å². The highest BCUT2D eigenvalue weighted by molar-refractivity contribution is 9.10. The van der Waals surface area contributed by atoms with Crippen molar-refractivity contribution in [3.63, 3.8) is 0 Å². The Labute approximate surface area is 112 Å². The number of halogens is 2. The molecule has 4 nitrogen and oxygen atoms in total. The van der Waals surface area contributed by atoms with Crippen molar-refractivity contribution in [1.29, 1.82) is 0 Å². The van der Waals surface area contributed by atoms with Crippen LogP contribution in [0.3, 0.4) is 0 Å². The third-order valence-electron chi connectivity index (χ3n) is 2.50. The smallest absolute Gasteiger partial charge is 0.246 e. The molecule has 6 heteroatoms. The molecular weight excluding hydrogens is 307 g/mol. The summed E-state index contributed by atoms with van der Waals surface area (Å²) in [7, 11) is 0. The lowest BCUT2D eigenvalue weighted by molar-refractivity contribution is -0.122. The van der Waals surface area contributed by atoms with Crippen molar-refractivity contribution in [1.82, 2.24) is 5.32 Å². The summed E-state index contributed by atoms with van der Waals surface area (Å²) < 4.78 is 0.711. The van der Waals surface area contributed by atoms with Crippen LogP contribution >= 0.6 is 27.5 Å². The highest BCUT2D eigenvalue weighted by Gasteiger charge is 2.27. The molecule has 0 aromatic heterocycles. The minimum Gasteiger partial charge on any atom is -0.344 e. The van der Waals surface area contributed by atoms with Gasteiger partial charge < -0.3 is 10.6 Å². The second-order valence-electron chi connectivity index (χ2n) is 3.77. The van der Waals surface area contributed by atoms with Gasteiger partial charge in [-0.2, -0.15) is 0 Å². The molecule has 1 saturated heterocycles. The average Bonchev–Trinajstić information content (AvgIpc) is 2.69. The molecule has 2 amide bonds. The predicted molar refractivity (Wildman–Crippen MR) is 68.9 cm³/mol. The second-order valence-corrected chi connectivity index (χ2v) is 5.06. The molecule has 1 aromatic carbocycles. The zero-order valence-electron chi connectivity index (χ0n) is 8.80. The number of amides is 2. The molecule has 1 heterocycles. The van der Waals surface area contributed by atoms with Crippen LogP contribution < -0.4 is 10.6 Å². The van der Waals surface area contributed by atoms with E-state index in [2.05, 4.69) is 26.6 Å². The van der Waals surface area contributed by atoms with Gasteiger partial charge in [0.05, 0.1) is 5.69 Å². The fourth-order valence-corrected chi connectivity index (χ4v) is 2.40. The lowest BCUT2D eigenvalue weighted by atomic mass is 10.2. The van der Waals surface area contributed by atoms with E-state index in [0.29, 0.717) is 28.0 Å². The predicted octanol–water partition coefficient (Wildman–Crippen LogP) is 2.32. The molecule has 0 saturated carbocycles. The number of carbonyl (C=O) groups is 2. The van der Waals surface area contributed by atoms with Crippen molar-refractivity contribution >= 4 is 45.0 Å². The Kier molecular flexibility index (Phi) is 3.69. The Morgan fingerprint density at radius 1 is 1.53 bits per heavy atom. The Bertz CT molecular complexity index is 479. The molecule has 0 aliphatic carbocycles. The van der Waals surface area contributed by atoms with Crippen LogP contribution in [0.15, 0.2) is 22.7 Å². The number of rotatable bonds is 2. The summed E-state index contributed by atoms with van der Waals surface area (Å²) in [5, 5.41) is 5.94. The van der Waals surface area contributed by atoms with E-state index in [1.165, 1.54) is 0 Å². The third-order valence-corrected chi connectivity index (χ3v) is 3.39. The number of benzene rings is 1. The molecule has 1 atom stereocenters. The van der Waals surface area contributed by atoms with E-state index in [1.54, 1.807) is 18.2 Å². The lowest BCUT2D eigenvalue weighted by Crippen LogP contribution is -2.37. The maximum absolute atomic E-state index is 11.8. The second kappa shape index (κ2) is 5.06. The largest absolute Gasteiger partial charge is 0.344 e. The number of hydrogen-bond donors (Lipinski definition) is 2. The van der Waals surface area contributed by atoms with Crippen LogP contribution in [0.1, 0.15) is 12.8 Å². The lowest BCUT2D eigenvalue weighted by Gasteiger charge is -2.12. The molecule has 0 unspecified atom stereocenters. The first-order chi connectivity index (χ1) is 8.06. The molecule has 2 N–H and O–H groups in total. The standard InChI is InChI=1S/C11H10BrClN2O2/c12-7-5-6(13)1-2-8(7)15-11(17)9-3-4-10(16)14-9/h1-2,5,9H,3-4H2,(H,14,16)(H,15,17)/t9-/m0/s1. The van der Waals surface area contributed by atoms with Crippen LogP contribution in [0, 0.1) is 0 Å². The molecule has 1 aliphatic heterocycles. The number of hydrogen-bond acceptors (Lipinski definition) is 2. The van der Waals surface area contributed by atoms with E-state index in [1.807, 2.05) is 0 Å². The molecule has 2 rings (SSSR count). The van der Waals surface area contributed by atoms with E-state index >= 15 is 0 Å². The van der Waals surface area contributed by atoms with E-state index in [9.17, 15) is 9.59 Å². The van der Waals surface area contributed by atoms with Crippen LogP contribution in [0.2, 0.25) is 5.02 Å². The van der Waals surface area contributed by atoms with Crippen molar-refractivity contribution in [2.45, 2.75) is 18.9 Å². The first kappa shape index (κ1) is 12.4. The Morgan fingerprint density at radius 2 is 2.29 bits per heavy atom. The summed E-state index contributed by atoms with van der Waals surface area (Å²) >= 11 is 9.11. The van der Waals surface area contributed by atoms with Crippen molar-refractivity contribution in [3.05, 3.63) is 27.7 Å². The first-order valence-electron chi connectivity index (χ1n) is 5.11. The van der Waals surface area contributed by atoms with Crippen molar-refractivity contribution in [3.8, 4) is 0 Å². The van der Waals surface area contributed by atoms with Gasteiger partial charge in [0.2, 0.25) is 11.8 Å². The fourth-order valence-electron chi connectivity index (χ4n) is 1.62. The third kappa shape index (κ3) is 2.98. The molecule has 0 bridgehead atoms. The number of nitrogens with one attached hydrogen (secondary N) is 2. The topological polar surface area (TPSA) is 58.2 Å². The van der Waals surface area contributed by atoms with Gasteiger partial charge in [0.25, 0.3) is 0 Å². The van der Waals surface area contributed by atoms with Crippen LogP contribution in [-0.4, -0.2) is 17.9 Å². The highest BCUT2D eigenvalue weighted by Crippen LogP contribution is 2.26. The summed E-state index contributed by atoms with van der Waals surface area (Å²) in [5.41, 5.74) is 0.639. The zero-order valence-corrected chi connectivity index (χ0v) is 11.1. The molecule has 0 spiro atoms. The summed E-state index contributed by atoms with van der Waals surface area (Å²) in [4.78, 5) is 22.8. The van der Waals surface area contributed by atoms with Crippen molar-refractivity contribution in [2.75, 3.05) is 5.32 Å². The fraction of sp³-hybridized carbons (Fsp3) is 0.273. The number of anilines is 1. The normalized spacial score (nSPS) is 18.9. The first-order valence-corrected chi connectivity index (χ1v) is 6.28. The maximum Gasteiger partial charge on any atom is 0.246 e. The minimum atomic E-state index is -0.440. The van der Waals surface area contributed by atoms with E-state index in [4.69, 9.17) is 11.6 Å². The Morgan fingerprint density at radius 3 is 2.88 bits per heavy atom. The van der Waals surface area contributed by atoms with Crippen molar-refractivity contribution < 1.29 is 9.59 Å². The van der Waals surface area contributed by atoms with Gasteiger partial charge in [-0.05, 0) is 40.5 Å². The molecule has 17 heavy (non-hydrogen) atoms. The van der Waals surface area contributed by atoms with Gasteiger partial charge in [0.1, 0.15) is 6.04 Å². The minimum absolute atomic E-state index is 0.0830. The van der Waals surface area contributed by atoms with Gasteiger partial charge in [0.15, 0.2) is 0 Å². The molecule has 90 valence electrons. The maximum atomic E-state index is 11.8. The van der Waals surface area contributed by atoms with Crippen LogP contribution in [0.25, 0.3) is 0 Å². The molecular formula is C11H10BrClN2O2. The SMILES string of the molecule is O=C1CC[C@@H](C(=O)Nc2ccc(Cl)cc2Br)N1. The molecule has 1 aromatic rings. The summed E-state index contributed by atoms with van der Waals surface area (Å²) in [6.45, 7) is 0. The molecule has 1 aliphatic rings. The highest BCUT2D eigenvalue weighted by atomic mass is 79.9. The van der Waals surface area contributed by atoms with Gasteiger partial charge in [-0.25, -0.2) is 0 Å². The quantitative estimate of drug-likeness (QED) is 0.879. The molecule has 1 fully saturated rings. The summed E-state index contributed by atoms with van der Waals surface area (Å²) in [5.74, 6) is -0.292. The van der Waals surface area contributed by atoms with Gasteiger partial charge in [-0.1, -0.05) is 11.6 Å². The van der Waals surface area contributed by atoms with Gasteiger partial charge in [-0.15, -0.1) is 0 Å². The van der Waals surface area contributed by atoms with Crippen LogP contribution in [-0.2, 0) is 9.59 Å². The number of carbonyl (C=O) groups excluding carboxylic acids is 2. The Balaban J connectivity index is 2.05. The van der Waals surface area contributed by atoms with Gasteiger partial charge in [0, 0.05) is 15.9 Å². The Hall–Kier alpha value is -1.07. The van der Waals surface area contributed by atoms with E-state index in [-0.39, 0.29) is 11.8 Å². The summed E-state index contributed by atoms with van der Waals surface area (Å²) in [6, 6.07) is 4.66. The summed E-state index contributed by atoms with van der Waals surface area (Å²) in [6.07, 6.45) is 0.940. The molecule has 0 radical (unpaired) electrons. The van der Waals surface area contributed by atoms with Crippen LogP contribution in [0.5, 0.6) is 0 Å². The van der Waals surface area contributed by atoms with Crippen LogP contribution in [0.4, 0.5) is 5.69 Å².